The molecule has 8 nitrogen and oxygen atoms in total. The predicted molar refractivity (Wildman–Crippen MR) is 51.6 cm³/mol. The summed E-state index contributed by atoms with van der Waals surface area (Å²) in [5.41, 5.74) is 0. The lowest BCUT2D eigenvalue weighted by molar-refractivity contribution is 0.0248. The summed E-state index contributed by atoms with van der Waals surface area (Å²) in [6.45, 7) is 0.249. The molecule has 1 heterocycles. The largest absolute Gasteiger partial charge is 0.465 e. The first-order chi connectivity index (χ1) is 7.75. The van der Waals surface area contributed by atoms with E-state index < -0.39 is 6.09 Å². The maximum absolute atomic E-state index is 10.5. The van der Waals surface area contributed by atoms with Gasteiger partial charge in [-0.1, -0.05) is 5.21 Å². The lowest BCUT2D eigenvalue weighted by Gasteiger charge is -2.19. The number of carboxylic acid groups (broad SMARTS) is 1. The molecule has 1 saturated carbocycles. The molecular formula is C8H13N5O3. The molecule has 0 spiro atoms. The molecule has 0 aliphatic heterocycles. The van der Waals surface area contributed by atoms with E-state index in [4.69, 9.17) is 9.84 Å². The molecule has 1 aromatic rings. The minimum absolute atomic E-state index is 0.102. The van der Waals surface area contributed by atoms with E-state index >= 15 is 0 Å². The van der Waals surface area contributed by atoms with Crippen molar-refractivity contribution in [3.8, 4) is 0 Å². The van der Waals surface area contributed by atoms with Crippen LogP contribution >= 0.6 is 0 Å². The Morgan fingerprint density at radius 1 is 1.62 bits per heavy atom. The number of ether oxygens (including phenoxy) is 1. The van der Waals surface area contributed by atoms with E-state index in [-0.39, 0.29) is 18.8 Å². The zero-order valence-corrected chi connectivity index (χ0v) is 8.59. The van der Waals surface area contributed by atoms with Gasteiger partial charge < -0.3 is 15.2 Å². The number of aromatic amines is 1. The van der Waals surface area contributed by atoms with Gasteiger partial charge in [-0.25, -0.2) is 4.79 Å². The number of rotatable bonds is 4. The molecule has 2 rings (SSSR count). The molecule has 1 aromatic heterocycles. The Bertz CT molecular complexity index is 341. The van der Waals surface area contributed by atoms with Crippen LogP contribution in [0.15, 0.2) is 0 Å². The second-order valence-corrected chi connectivity index (χ2v) is 3.66. The summed E-state index contributed by atoms with van der Waals surface area (Å²) in [6.07, 6.45) is 1.50. The van der Waals surface area contributed by atoms with Gasteiger partial charge in [0, 0.05) is 0 Å². The third-order valence-corrected chi connectivity index (χ3v) is 2.58. The highest BCUT2D eigenvalue weighted by atomic mass is 16.5. The van der Waals surface area contributed by atoms with Gasteiger partial charge in [0.15, 0.2) is 5.82 Å². The smallest absolute Gasteiger partial charge is 0.404 e. The van der Waals surface area contributed by atoms with Crippen molar-refractivity contribution in [3.05, 3.63) is 5.82 Å². The van der Waals surface area contributed by atoms with Crippen LogP contribution in [-0.2, 0) is 11.3 Å². The Labute approximate surface area is 91.4 Å². The van der Waals surface area contributed by atoms with Crippen LogP contribution in [0.5, 0.6) is 0 Å². The summed E-state index contributed by atoms with van der Waals surface area (Å²) in [4.78, 5) is 10.5. The maximum atomic E-state index is 10.5. The highest BCUT2D eigenvalue weighted by molar-refractivity contribution is 5.65. The first-order valence-corrected chi connectivity index (χ1v) is 5.09. The number of aromatic nitrogens is 4. The first kappa shape index (κ1) is 10.8. The number of nitrogens with one attached hydrogen (secondary N) is 2. The normalized spacial score (nSPS) is 24.5. The molecule has 88 valence electrons. The number of nitrogens with zero attached hydrogens (tertiary/aromatic N) is 3. The molecule has 1 aliphatic carbocycles. The summed E-state index contributed by atoms with van der Waals surface area (Å²) >= 11 is 0. The highest BCUT2D eigenvalue weighted by Crippen LogP contribution is 2.22. The van der Waals surface area contributed by atoms with Crippen LogP contribution in [0.4, 0.5) is 4.79 Å². The number of tetrazole rings is 1. The number of amides is 1. The van der Waals surface area contributed by atoms with Crippen LogP contribution in [0.2, 0.25) is 0 Å². The van der Waals surface area contributed by atoms with E-state index in [9.17, 15) is 4.79 Å². The van der Waals surface area contributed by atoms with E-state index in [1.54, 1.807) is 0 Å². The number of hydrogen-bond acceptors (Lipinski definition) is 5. The second kappa shape index (κ2) is 4.88. The van der Waals surface area contributed by atoms with E-state index in [2.05, 4.69) is 25.9 Å². The molecule has 1 fully saturated rings. The molecule has 0 unspecified atom stereocenters. The Morgan fingerprint density at radius 3 is 3.19 bits per heavy atom. The van der Waals surface area contributed by atoms with Gasteiger partial charge in [-0.3, -0.25) is 0 Å². The lowest BCUT2D eigenvalue weighted by Crippen LogP contribution is -2.40. The van der Waals surface area contributed by atoms with Gasteiger partial charge in [0.2, 0.25) is 0 Å². The molecule has 0 saturated heterocycles. The van der Waals surface area contributed by atoms with E-state index in [1.807, 2.05) is 0 Å². The third kappa shape index (κ3) is 2.66. The zero-order chi connectivity index (χ0) is 11.4. The van der Waals surface area contributed by atoms with Crippen molar-refractivity contribution in [2.24, 2.45) is 0 Å². The predicted octanol–water partition coefficient (Wildman–Crippen LogP) is -0.0950. The van der Waals surface area contributed by atoms with Crippen LogP contribution < -0.4 is 5.32 Å². The van der Waals surface area contributed by atoms with Crippen LogP contribution in [0, 0.1) is 0 Å². The van der Waals surface area contributed by atoms with Crippen molar-refractivity contribution in [2.75, 3.05) is 0 Å². The van der Waals surface area contributed by atoms with Gasteiger partial charge in [-0.15, -0.1) is 10.2 Å². The van der Waals surface area contributed by atoms with E-state index in [0.29, 0.717) is 5.82 Å². The van der Waals surface area contributed by atoms with E-state index in [1.165, 1.54) is 0 Å². The zero-order valence-electron chi connectivity index (χ0n) is 8.59. The lowest BCUT2D eigenvalue weighted by atomic mass is 10.2. The van der Waals surface area contributed by atoms with Crippen LogP contribution in [0.25, 0.3) is 0 Å². The Kier molecular flexibility index (Phi) is 3.30. The van der Waals surface area contributed by atoms with Gasteiger partial charge in [-0.2, -0.15) is 5.21 Å². The molecule has 3 N–H and O–H groups in total. The SMILES string of the molecule is O=C(O)N[C@H]1CCC[C@@H]1OCc1nn[nH]n1. The summed E-state index contributed by atoms with van der Waals surface area (Å²) < 4.78 is 5.55. The Balaban J connectivity index is 1.81. The fraction of sp³-hybridized carbons (Fsp3) is 0.750. The van der Waals surface area contributed by atoms with Crippen molar-refractivity contribution in [1.29, 1.82) is 0 Å². The minimum atomic E-state index is -1.01. The summed E-state index contributed by atoms with van der Waals surface area (Å²) in [5.74, 6) is 0.473. The minimum Gasteiger partial charge on any atom is -0.465 e. The van der Waals surface area contributed by atoms with Crippen molar-refractivity contribution in [3.63, 3.8) is 0 Å². The molecular weight excluding hydrogens is 214 g/mol. The van der Waals surface area contributed by atoms with Crippen LogP contribution in [0.3, 0.4) is 0 Å². The molecule has 8 heteroatoms. The Hall–Kier alpha value is -1.70. The average molecular weight is 227 g/mol. The molecule has 1 amide bonds. The van der Waals surface area contributed by atoms with Gasteiger partial charge in [0.05, 0.1) is 12.1 Å². The fourth-order valence-corrected chi connectivity index (χ4v) is 1.87. The number of carbonyl (C=O) groups is 1. The van der Waals surface area contributed by atoms with Crippen molar-refractivity contribution in [1.82, 2.24) is 25.9 Å². The fourth-order valence-electron chi connectivity index (χ4n) is 1.87. The van der Waals surface area contributed by atoms with Gasteiger partial charge in [0.1, 0.15) is 6.61 Å². The molecule has 2 atom stereocenters. The second-order valence-electron chi connectivity index (χ2n) is 3.66. The summed E-state index contributed by atoms with van der Waals surface area (Å²) in [7, 11) is 0. The van der Waals surface area contributed by atoms with Gasteiger partial charge >= 0.3 is 6.09 Å². The van der Waals surface area contributed by atoms with Crippen LogP contribution in [-0.4, -0.2) is 44.0 Å². The van der Waals surface area contributed by atoms with E-state index in [0.717, 1.165) is 19.3 Å². The standard InChI is InChI=1S/C8H13N5O3/c14-8(15)9-5-2-1-3-6(5)16-4-7-10-12-13-11-7/h5-6,9H,1-4H2,(H,14,15)(H,10,11,12,13)/t5-,6-/m0/s1. The topological polar surface area (TPSA) is 113 Å². The maximum Gasteiger partial charge on any atom is 0.404 e. The molecule has 0 aromatic carbocycles. The van der Waals surface area contributed by atoms with Gasteiger partial charge in [0.25, 0.3) is 0 Å². The van der Waals surface area contributed by atoms with Crippen molar-refractivity contribution < 1.29 is 14.6 Å². The summed E-state index contributed by atoms with van der Waals surface area (Å²) in [6, 6.07) is -0.135. The molecule has 0 bridgehead atoms. The van der Waals surface area contributed by atoms with Crippen molar-refractivity contribution >= 4 is 6.09 Å². The van der Waals surface area contributed by atoms with Gasteiger partial charge in [-0.05, 0) is 19.3 Å². The number of H-pyrrole nitrogens is 1. The molecule has 0 radical (unpaired) electrons. The third-order valence-electron chi connectivity index (χ3n) is 2.58. The number of hydrogen-bond donors (Lipinski definition) is 3. The van der Waals surface area contributed by atoms with Crippen LogP contribution in [0.1, 0.15) is 25.1 Å². The first-order valence-electron chi connectivity index (χ1n) is 5.09. The highest BCUT2D eigenvalue weighted by Gasteiger charge is 2.29. The van der Waals surface area contributed by atoms with Crippen molar-refractivity contribution in [2.45, 2.75) is 38.0 Å². The molecule has 1 aliphatic rings. The average Bonchev–Trinajstić information content (AvgIpc) is 2.84. The Morgan fingerprint density at radius 2 is 2.50 bits per heavy atom. The quantitative estimate of drug-likeness (QED) is 0.662. The monoisotopic (exact) mass is 227 g/mol. The molecule has 16 heavy (non-hydrogen) atoms. The summed E-state index contributed by atoms with van der Waals surface area (Å²) in [5, 5.41) is 24.3.